The van der Waals surface area contributed by atoms with Crippen molar-refractivity contribution in [3.05, 3.63) is 29.8 Å². The summed E-state index contributed by atoms with van der Waals surface area (Å²) in [6.07, 6.45) is 6.51. The summed E-state index contributed by atoms with van der Waals surface area (Å²) in [7, 11) is 0. The minimum absolute atomic E-state index is 0.0802. The molecule has 7 nitrogen and oxygen atoms in total. The fourth-order valence-electron chi connectivity index (χ4n) is 6.69. The molecule has 31 heavy (non-hydrogen) atoms. The van der Waals surface area contributed by atoms with Gasteiger partial charge in [0.2, 0.25) is 5.91 Å². The Morgan fingerprint density at radius 3 is 2.52 bits per heavy atom. The predicted molar refractivity (Wildman–Crippen MR) is 115 cm³/mol. The van der Waals surface area contributed by atoms with E-state index in [-0.39, 0.29) is 35.6 Å². The highest BCUT2D eigenvalue weighted by atomic mass is 16.6. The van der Waals surface area contributed by atoms with Crippen molar-refractivity contribution in [3.8, 4) is 0 Å². The summed E-state index contributed by atoms with van der Waals surface area (Å²) < 4.78 is 11.1. The van der Waals surface area contributed by atoms with E-state index >= 15 is 0 Å². The van der Waals surface area contributed by atoms with E-state index in [1.54, 1.807) is 0 Å². The minimum atomic E-state index is -0.361. The van der Waals surface area contributed by atoms with Crippen molar-refractivity contribution in [1.82, 2.24) is 9.80 Å². The standard InChI is InChI=1S/C24H31N3O4/c28-22-24(20-3-1-2-4-21(20)25-22)8-10-26(11-9-24)18-13-16-5-6-17(14-18)27(16)23(29)31-19-7-12-30-15-19/h1-4,16-19H,5-15H2,(H,25,28)/t16?,17?,18?,19-/m0/s1. The number of piperidine rings is 2. The third-order valence-corrected chi connectivity index (χ3v) is 8.37. The number of fused-ring (bicyclic) bond motifs is 4. The molecule has 5 aliphatic heterocycles. The van der Waals surface area contributed by atoms with E-state index in [1.165, 1.54) is 5.56 Å². The Hall–Kier alpha value is -2.12. The van der Waals surface area contributed by atoms with Crippen molar-refractivity contribution in [2.45, 2.75) is 74.6 Å². The van der Waals surface area contributed by atoms with Crippen LogP contribution in [0.15, 0.2) is 24.3 Å². The first-order chi connectivity index (χ1) is 15.1. The van der Waals surface area contributed by atoms with Gasteiger partial charge in [-0.1, -0.05) is 18.2 Å². The number of nitrogens with zero attached hydrogens (tertiary/aromatic N) is 2. The Morgan fingerprint density at radius 1 is 1.06 bits per heavy atom. The van der Waals surface area contributed by atoms with Crippen LogP contribution < -0.4 is 5.32 Å². The maximum Gasteiger partial charge on any atom is 0.410 e. The zero-order chi connectivity index (χ0) is 21.0. The van der Waals surface area contributed by atoms with Gasteiger partial charge < -0.3 is 24.6 Å². The Bertz CT molecular complexity index is 861. The summed E-state index contributed by atoms with van der Waals surface area (Å²) >= 11 is 0. The molecule has 6 rings (SSSR count). The van der Waals surface area contributed by atoms with Crippen molar-refractivity contribution in [3.63, 3.8) is 0 Å². The number of hydrogen-bond donors (Lipinski definition) is 1. The molecule has 1 aromatic carbocycles. The fourth-order valence-corrected chi connectivity index (χ4v) is 6.69. The number of rotatable bonds is 2. The summed E-state index contributed by atoms with van der Waals surface area (Å²) in [6, 6.07) is 9.21. The number of nitrogens with one attached hydrogen (secondary N) is 1. The Kier molecular flexibility index (Phi) is 4.72. The van der Waals surface area contributed by atoms with Gasteiger partial charge in [0.05, 0.1) is 18.6 Å². The van der Waals surface area contributed by atoms with Crippen LogP contribution in [-0.2, 0) is 19.7 Å². The van der Waals surface area contributed by atoms with E-state index in [9.17, 15) is 9.59 Å². The molecular formula is C24H31N3O4. The summed E-state index contributed by atoms with van der Waals surface area (Å²) in [5.74, 6) is 0.168. The zero-order valence-electron chi connectivity index (χ0n) is 17.9. The molecule has 1 aromatic rings. The average molecular weight is 426 g/mol. The zero-order valence-corrected chi connectivity index (χ0v) is 17.9. The van der Waals surface area contributed by atoms with Crippen molar-refractivity contribution in [2.24, 2.45) is 0 Å². The van der Waals surface area contributed by atoms with E-state index in [2.05, 4.69) is 16.3 Å². The Labute approximate surface area is 183 Å². The number of hydrogen-bond acceptors (Lipinski definition) is 5. The molecule has 7 heteroatoms. The highest BCUT2D eigenvalue weighted by molar-refractivity contribution is 6.06. The molecule has 166 valence electrons. The van der Waals surface area contributed by atoms with E-state index in [1.807, 2.05) is 23.1 Å². The second-order valence-electron chi connectivity index (χ2n) is 9.90. The number of carbonyl (C=O) groups is 2. The molecule has 4 fully saturated rings. The lowest BCUT2D eigenvalue weighted by molar-refractivity contribution is -0.123. The third-order valence-electron chi connectivity index (χ3n) is 8.37. The molecule has 4 saturated heterocycles. The summed E-state index contributed by atoms with van der Waals surface area (Å²) in [5, 5.41) is 3.10. The quantitative estimate of drug-likeness (QED) is 0.789. The number of carbonyl (C=O) groups excluding carboxylic acids is 2. The lowest BCUT2D eigenvalue weighted by Gasteiger charge is -2.46. The SMILES string of the molecule is O=C(O[C@H]1CCOC1)N1C2CCC1CC(N1CCC3(CC1)C(=O)Nc1ccccc13)C2. The average Bonchev–Trinajstić information content (AvgIpc) is 3.46. The summed E-state index contributed by atoms with van der Waals surface area (Å²) in [6.45, 7) is 3.10. The smallest absolute Gasteiger partial charge is 0.410 e. The highest BCUT2D eigenvalue weighted by Crippen LogP contribution is 2.46. The van der Waals surface area contributed by atoms with Gasteiger partial charge >= 0.3 is 6.09 Å². The second kappa shape index (κ2) is 7.48. The lowest BCUT2D eigenvalue weighted by Crippen LogP contribution is -2.56. The lowest BCUT2D eigenvalue weighted by atomic mass is 9.73. The fraction of sp³-hybridized carbons (Fsp3) is 0.667. The van der Waals surface area contributed by atoms with Crippen LogP contribution in [0.25, 0.3) is 0 Å². The Morgan fingerprint density at radius 2 is 1.81 bits per heavy atom. The molecular weight excluding hydrogens is 394 g/mol. The topological polar surface area (TPSA) is 71.1 Å². The van der Waals surface area contributed by atoms with E-state index in [0.29, 0.717) is 19.3 Å². The molecule has 5 heterocycles. The minimum Gasteiger partial charge on any atom is -0.444 e. The normalized spacial score (nSPS) is 34.1. The number of para-hydroxylation sites is 1. The van der Waals surface area contributed by atoms with Crippen LogP contribution in [0, 0.1) is 0 Å². The van der Waals surface area contributed by atoms with Gasteiger partial charge in [-0.05, 0) is 63.2 Å². The van der Waals surface area contributed by atoms with Crippen LogP contribution in [0.5, 0.6) is 0 Å². The van der Waals surface area contributed by atoms with Gasteiger partial charge in [0.25, 0.3) is 0 Å². The number of amides is 2. The largest absolute Gasteiger partial charge is 0.444 e. The number of anilines is 1. The van der Waals surface area contributed by atoms with Gasteiger partial charge in [0.15, 0.2) is 0 Å². The monoisotopic (exact) mass is 425 g/mol. The molecule has 0 aromatic heterocycles. The van der Waals surface area contributed by atoms with Crippen LogP contribution in [0.4, 0.5) is 10.5 Å². The van der Waals surface area contributed by atoms with Gasteiger partial charge in [-0.15, -0.1) is 0 Å². The molecule has 0 aliphatic carbocycles. The van der Waals surface area contributed by atoms with Crippen molar-refractivity contribution >= 4 is 17.7 Å². The number of benzene rings is 1. The summed E-state index contributed by atoms with van der Waals surface area (Å²) in [4.78, 5) is 30.3. The maximum absolute atomic E-state index is 12.9. The molecule has 5 aliphatic rings. The first-order valence-corrected chi connectivity index (χ1v) is 11.9. The predicted octanol–water partition coefficient (Wildman–Crippen LogP) is 2.89. The van der Waals surface area contributed by atoms with Crippen molar-refractivity contribution < 1.29 is 19.1 Å². The maximum atomic E-state index is 12.9. The highest BCUT2D eigenvalue weighted by Gasteiger charge is 2.51. The van der Waals surface area contributed by atoms with Gasteiger partial charge in [0, 0.05) is 30.2 Å². The third kappa shape index (κ3) is 3.16. The second-order valence-corrected chi connectivity index (χ2v) is 9.90. The van der Waals surface area contributed by atoms with Crippen LogP contribution in [0.1, 0.15) is 50.5 Å². The Balaban J connectivity index is 1.10. The van der Waals surface area contributed by atoms with Gasteiger partial charge in [-0.2, -0.15) is 0 Å². The van der Waals surface area contributed by atoms with Crippen LogP contribution in [0.2, 0.25) is 0 Å². The van der Waals surface area contributed by atoms with Crippen molar-refractivity contribution in [2.75, 3.05) is 31.6 Å². The molecule has 3 atom stereocenters. The summed E-state index contributed by atoms with van der Waals surface area (Å²) in [5.41, 5.74) is 1.80. The van der Waals surface area contributed by atoms with Gasteiger partial charge in [0.1, 0.15) is 6.10 Å². The van der Waals surface area contributed by atoms with E-state index < -0.39 is 0 Å². The van der Waals surface area contributed by atoms with Crippen LogP contribution in [-0.4, -0.2) is 72.3 Å². The first kappa shape index (κ1) is 19.6. The first-order valence-electron chi connectivity index (χ1n) is 11.9. The van der Waals surface area contributed by atoms with Crippen LogP contribution in [0.3, 0.4) is 0 Å². The number of likely N-dealkylation sites (tertiary alicyclic amines) is 1. The van der Waals surface area contributed by atoms with Gasteiger partial charge in [-0.3, -0.25) is 4.79 Å². The van der Waals surface area contributed by atoms with E-state index in [0.717, 1.165) is 63.7 Å². The number of ether oxygens (including phenoxy) is 2. The molecule has 0 saturated carbocycles. The molecule has 1 N–H and O–H groups in total. The van der Waals surface area contributed by atoms with Crippen LogP contribution >= 0.6 is 0 Å². The molecule has 2 unspecified atom stereocenters. The molecule has 0 radical (unpaired) electrons. The van der Waals surface area contributed by atoms with E-state index in [4.69, 9.17) is 9.47 Å². The molecule has 2 amide bonds. The molecule has 1 spiro atoms. The molecule has 2 bridgehead atoms. The van der Waals surface area contributed by atoms with Gasteiger partial charge in [-0.25, -0.2) is 4.79 Å². The van der Waals surface area contributed by atoms with Crippen molar-refractivity contribution in [1.29, 1.82) is 0 Å².